The summed E-state index contributed by atoms with van der Waals surface area (Å²) in [7, 11) is 1.77. The van der Waals surface area contributed by atoms with Crippen molar-refractivity contribution in [3.05, 3.63) is 34.6 Å². The third-order valence-electron chi connectivity index (χ3n) is 4.40. The van der Waals surface area contributed by atoms with E-state index in [1.807, 2.05) is 6.07 Å². The molecular formula is C16H23ClFNO. The molecule has 1 aliphatic rings. The Balaban J connectivity index is 2.23. The van der Waals surface area contributed by atoms with Crippen molar-refractivity contribution in [3.8, 4) is 0 Å². The number of nitrogens with one attached hydrogen (secondary N) is 1. The van der Waals surface area contributed by atoms with Crippen LogP contribution in [-0.4, -0.2) is 25.3 Å². The van der Waals surface area contributed by atoms with Crippen LogP contribution in [0.3, 0.4) is 0 Å². The van der Waals surface area contributed by atoms with Gasteiger partial charge in [-0.1, -0.05) is 43.5 Å². The van der Waals surface area contributed by atoms with Crippen molar-refractivity contribution < 1.29 is 9.13 Å². The predicted octanol–water partition coefficient (Wildman–Crippen LogP) is 3.96. The topological polar surface area (TPSA) is 21.3 Å². The number of rotatable bonds is 6. The molecule has 1 aliphatic carbocycles. The molecule has 20 heavy (non-hydrogen) atoms. The average Bonchev–Trinajstić information content (AvgIpc) is 2.93. The van der Waals surface area contributed by atoms with E-state index < -0.39 is 0 Å². The summed E-state index contributed by atoms with van der Waals surface area (Å²) < 4.78 is 20.0. The maximum atomic E-state index is 14.1. The van der Waals surface area contributed by atoms with Gasteiger partial charge in [-0.25, -0.2) is 4.39 Å². The lowest BCUT2D eigenvalue weighted by Gasteiger charge is -2.37. The van der Waals surface area contributed by atoms with E-state index in [0.717, 1.165) is 19.4 Å². The Morgan fingerprint density at radius 2 is 2.10 bits per heavy atom. The lowest BCUT2D eigenvalue weighted by Crippen LogP contribution is -2.51. The number of methoxy groups -OCH3 is 1. The van der Waals surface area contributed by atoms with Crippen LogP contribution in [-0.2, 0) is 11.2 Å². The molecule has 1 saturated carbocycles. The number of hydrogen-bond donors (Lipinski definition) is 1. The highest BCUT2D eigenvalue weighted by Crippen LogP contribution is 2.37. The van der Waals surface area contributed by atoms with Gasteiger partial charge in [0.2, 0.25) is 0 Å². The molecule has 1 unspecified atom stereocenters. The van der Waals surface area contributed by atoms with Gasteiger partial charge in [0.05, 0.1) is 10.6 Å². The molecule has 4 heteroatoms. The zero-order valence-electron chi connectivity index (χ0n) is 12.2. The van der Waals surface area contributed by atoms with Crippen molar-refractivity contribution in [1.29, 1.82) is 0 Å². The molecular weight excluding hydrogens is 277 g/mol. The summed E-state index contributed by atoms with van der Waals surface area (Å²) in [5.74, 6) is -0.304. The van der Waals surface area contributed by atoms with Gasteiger partial charge in [0.1, 0.15) is 5.82 Å². The van der Waals surface area contributed by atoms with E-state index in [2.05, 4.69) is 12.2 Å². The SMILES string of the molecule is CCNC(Cc1cccc(Cl)c1F)C1(OC)CCCC1. The molecule has 1 atom stereocenters. The second-order valence-corrected chi connectivity index (χ2v) is 5.91. The van der Waals surface area contributed by atoms with Gasteiger partial charge < -0.3 is 10.1 Å². The summed E-state index contributed by atoms with van der Waals surface area (Å²) in [6.45, 7) is 2.91. The summed E-state index contributed by atoms with van der Waals surface area (Å²) in [5.41, 5.74) is 0.483. The second kappa shape index (κ2) is 6.88. The van der Waals surface area contributed by atoms with Crippen molar-refractivity contribution >= 4 is 11.6 Å². The van der Waals surface area contributed by atoms with Crippen molar-refractivity contribution in [3.63, 3.8) is 0 Å². The largest absolute Gasteiger partial charge is 0.377 e. The molecule has 1 aromatic rings. The molecule has 0 saturated heterocycles. The Labute approximate surface area is 125 Å². The van der Waals surface area contributed by atoms with Gasteiger partial charge in [0.25, 0.3) is 0 Å². The van der Waals surface area contributed by atoms with Crippen molar-refractivity contribution in [1.82, 2.24) is 5.32 Å². The summed E-state index contributed by atoms with van der Waals surface area (Å²) in [5, 5.41) is 3.67. The molecule has 0 bridgehead atoms. The minimum atomic E-state index is -0.304. The molecule has 1 fully saturated rings. The standard InChI is InChI=1S/C16H23ClFNO/c1-3-19-14(16(20-2)9-4-5-10-16)11-12-7-6-8-13(17)15(12)18/h6-8,14,19H,3-5,9-11H2,1-2H3. The van der Waals surface area contributed by atoms with Crippen LogP contribution < -0.4 is 5.32 Å². The first-order chi connectivity index (χ1) is 9.63. The van der Waals surface area contributed by atoms with Gasteiger partial charge in [-0.3, -0.25) is 0 Å². The van der Waals surface area contributed by atoms with Gasteiger partial charge in [-0.05, 0) is 37.4 Å². The zero-order valence-corrected chi connectivity index (χ0v) is 13.0. The van der Waals surface area contributed by atoms with E-state index in [-0.39, 0.29) is 22.5 Å². The highest BCUT2D eigenvalue weighted by Gasteiger charge is 2.41. The van der Waals surface area contributed by atoms with Crippen LogP contribution in [0.2, 0.25) is 5.02 Å². The molecule has 112 valence electrons. The number of benzene rings is 1. The first-order valence-corrected chi connectivity index (χ1v) is 7.72. The van der Waals surface area contributed by atoms with Gasteiger partial charge in [-0.15, -0.1) is 0 Å². The molecule has 2 nitrogen and oxygen atoms in total. The Hall–Kier alpha value is -0.640. The molecule has 0 aliphatic heterocycles. The van der Waals surface area contributed by atoms with Crippen molar-refractivity contribution in [2.24, 2.45) is 0 Å². The van der Waals surface area contributed by atoms with E-state index in [0.29, 0.717) is 12.0 Å². The van der Waals surface area contributed by atoms with Gasteiger partial charge in [-0.2, -0.15) is 0 Å². The van der Waals surface area contributed by atoms with Gasteiger partial charge in [0, 0.05) is 13.2 Å². The molecule has 0 aromatic heterocycles. The quantitative estimate of drug-likeness (QED) is 0.858. The van der Waals surface area contributed by atoms with E-state index in [4.69, 9.17) is 16.3 Å². The van der Waals surface area contributed by atoms with E-state index in [1.165, 1.54) is 12.8 Å². The van der Waals surface area contributed by atoms with Crippen molar-refractivity contribution in [2.75, 3.05) is 13.7 Å². The summed E-state index contributed by atoms with van der Waals surface area (Å²) in [6.07, 6.45) is 5.02. The minimum absolute atomic E-state index is 0.118. The van der Waals surface area contributed by atoms with Gasteiger partial charge >= 0.3 is 0 Å². The van der Waals surface area contributed by atoms with Crippen LogP contribution in [0.5, 0.6) is 0 Å². The Morgan fingerprint density at radius 1 is 1.40 bits per heavy atom. The Bertz CT molecular complexity index is 446. The van der Waals surface area contributed by atoms with E-state index >= 15 is 0 Å². The normalized spacial score (nSPS) is 19.2. The lowest BCUT2D eigenvalue weighted by molar-refractivity contribution is -0.0353. The maximum Gasteiger partial charge on any atom is 0.145 e. The van der Waals surface area contributed by atoms with Crippen LogP contribution in [0.25, 0.3) is 0 Å². The minimum Gasteiger partial charge on any atom is -0.377 e. The average molecular weight is 300 g/mol. The first-order valence-electron chi connectivity index (χ1n) is 7.34. The fraction of sp³-hybridized carbons (Fsp3) is 0.625. The molecule has 0 radical (unpaired) electrons. The lowest BCUT2D eigenvalue weighted by atomic mass is 9.87. The fourth-order valence-corrected chi connectivity index (χ4v) is 3.48. The van der Waals surface area contributed by atoms with Crippen LogP contribution in [0.15, 0.2) is 18.2 Å². The fourth-order valence-electron chi connectivity index (χ4n) is 3.28. The molecule has 0 spiro atoms. The summed E-state index contributed by atoms with van der Waals surface area (Å²) >= 11 is 5.88. The number of likely N-dealkylation sites (N-methyl/N-ethyl adjacent to an activating group) is 1. The Morgan fingerprint density at radius 3 is 2.70 bits per heavy atom. The Kier molecular flexibility index (Phi) is 5.42. The number of halogens is 2. The van der Waals surface area contributed by atoms with Crippen LogP contribution in [0.1, 0.15) is 38.2 Å². The van der Waals surface area contributed by atoms with Crippen LogP contribution in [0, 0.1) is 5.82 Å². The maximum absolute atomic E-state index is 14.1. The van der Waals surface area contributed by atoms with E-state index in [9.17, 15) is 4.39 Å². The van der Waals surface area contributed by atoms with Crippen LogP contribution in [0.4, 0.5) is 4.39 Å². The van der Waals surface area contributed by atoms with E-state index in [1.54, 1.807) is 19.2 Å². The monoisotopic (exact) mass is 299 g/mol. The second-order valence-electron chi connectivity index (χ2n) is 5.50. The third-order valence-corrected chi connectivity index (χ3v) is 4.69. The molecule has 1 aromatic carbocycles. The third kappa shape index (κ3) is 3.16. The number of ether oxygens (including phenoxy) is 1. The number of hydrogen-bond acceptors (Lipinski definition) is 2. The highest BCUT2D eigenvalue weighted by atomic mass is 35.5. The van der Waals surface area contributed by atoms with Crippen LogP contribution >= 0.6 is 11.6 Å². The first kappa shape index (κ1) is 15.7. The molecule has 0 heterocycles. The van der Waals surface area contributed by atoms with Crippen molar-refractivity contribution in [2.45, 2.75) is 50.7 Å². The molecule has 0 amide bonds. The summed E-state index contributed by atoms with van der Waals surface area (Å²) in [4.78, 5) is 0. The van der Waals surface area contributed by atoms with Gasteiger partial charge in [0.15, 0.2) is 0 Å². The molecule has 1 N–H and O–H groups in total. The zero-order chi connectivity index (χ0) is 14.6. The predicted molar refractivity (Wildman–Crippen MR) is 80.8 cm³/mol. The highest BCUT2D eigenvalue weighted by molar-refractivity contribution is 6.30. The molecule has 2 rings (SSSR count). The summed E-state index contributed by atoms with van der Waals surface area (Å²) in [6, 6.07) is 5.32. The smallest absolute Gasteiger partial charge is 0.145 e.